The van der Waals surface area contributed by atoms with Crippen molar-refractivity contribution in [3.8, 4) is 11.8 Å². The molecular weight excluding hydrogens is 248 g/mol. The van der Waals surface area contributed by atoms with Gasteiger partial charge >= 0.3 is 0 Å². The van der Waals surface area contributed by atoms with Crippen LogP contribution in [0.25, 0.3) is 0 Å². The van der Waals surface area contributed by atoms with Crippen LogP contribution >= 0.6 is 11.3 Å². The minimum Gasteiger partial charge on any atom is -0.384 e. The number of nitrogens with zero attached hydrogens (tertiary/aromatic N) is 2. The molecule has 5 heteroatoms. The van der Waals surface area contributed by atoms with Crippen LogP contribution in [0.4, 0.5) is 0 Å². The molecule has 0 atom stereocenters. The standard InChI is InChI=1S/C13H16N2O2S/c1-14-6-7-15(10-13(14)17)9-12-5-4-11(18-12)3-2-8-16/h4-5,16H,6-10H2,1H3. The first kappa shape index (κ1) is 13.1. The lowest BCUT2D eigenvalue weighted by molar-refractivity contribution is -0.134. The van der Waals surface area contributed by atoms with Crippen LogP contribution in [0.2, 0.25) is 0 Å². The number of thiophene rings is 1. The van der Waals surface area contributed by atoms with Crippen molar-refractivity contribution in [2.24, 2.45) is 0 Å². The zero-order chi connectivity index (χ0) is 13.0. The minimum atomic E-state index is -0.111. The summed E-state index contributed by atoms with van der Waals surface area (Å²) in [7, 11) is 1.84. The summed E-state index contributed by atoms with van der Waals surface area (Å²) in [5.41, 5.74) is 0. The molecule has 96 valence electrons. The predicted octanol–water partition coefficient (Wildman–Crippen LogP) is 0.366. The largest absolute Gasteiger partial charge is 0.384 e. The summed E-state index contributed by atoms with van der Waals surface area (Å²) >= 11 is 1.62. The maximum absolute atomic E-state index is 11.6. The third kappa shape index (κ3) is 3.33. The van der Waals surface area contributed by atoms with Crippen molar-refractivity contribution in [1.29, 1.82) is 0 Å². The molecule has 0 aliphatic carbocycles. The van der Waals surface area contributed by atoms with E-state index in [9.17, 15) is 4.79 Å². The van der Waals surface area contributed by atoms with Crippen molar-refractivity contribution in [3.63, 3.8) is 0 Å². The fourth-order valence-corrected chi connectivity index (χ4v) is 2.74. The van der Waals surface area contributed by atoms with E-state index in [1.54, 1.807) is 16.2 Å². The topological polar surface area (TPSA) is 43.8 Å². The predicted molar refractivity (Wildman–Crippen MR) is 71.2 cm³/mol. The van der Waals surface area contributed by atoms with E-state index in [-0.39, 0.29) is 12.5 Å². The summed E-state index contributed by atoms with van der Waals surface area (Å²) in [4.78, 5) is 17.7. The fraction of sp³-hybridized carbons (Fsp3) is 0.462. The number of aliphatic hydroxyl groups is 1. The number of rotatable bonds is 2. The number of hydrogen-bond donors (Lipinski definition) is 1. The van der Waals surface area contributed by atoms with Crippen molar-refractivity contribution in [2.45, 2.75) is 6.54 Å². The van der Waals surface area contributed by atoms with Gasteiger partial charge in [0, 0.05) is 31.6 Å². The Kier molecular flexibility index (Phi) is 4.37. The molecule has 0 radical (unpaired) electrons. The Morgan fingerprint density at radius 1 is 1.44 bits per heavy atom. The van der Waals surface area contributed by atoms with Gasteiger partial charge in [-0.3, -0.25) is 9.69 Å². The van der Waals surface area contributed by atoms with Crippen LogP contribution < -0.4 is 0 Å². The van der Waals surface area contributed by atoms with Gasteiger partial charge in [0.1, 0.15) is 6.61 Å². The Bertz CT molecular complexity index is 487. The highest BCUT2D eigenvalue weighted by atomic mass is 32.1. The highest BCUT2D eigenvalue weighted by Gasteiger charge is 2.21. The van der Waals surface area contributed by atoms with Gasteiger partial charge in [0.25, 0.3) is 0 Å². The van der Waals surface area contributed by atoms with E-state index >= 15 is 0 Å². The molecule has 1 aliphatic rings. The first-order valence-corrected chi connectivity index (χ1v) is 6.65. The van der Waals surface area contributed by atoms with Crippen LogP contribution in [0.15, 0.2) is 12.1 Å². The second-order valence-electron chi connectivity index (χ2n) is 4.25. The van der Waals surface area contributed by atoms with Crippen LogP contribution in [0, 0.1) is 11.8 Å². The van der Waals surface area contributed by atoms with E-state index in [1.807, 2.05) is 19.2 Å². The number of aliphatic hydroxyl groups excluding tert-OH is 1. The van der Waals surface area contributed by atoms with Gasteiger partial charge in [-0.05, 0) is 12.1 Å². The lowest BCUT2D eigenvalue weighted by Crippen LogP contribution is -2.47. The summed E-state index contributed by atoms with van der Waals surface area (Å²) in [5, 5.41) is 8.63. The van der Waals surface area contributed by atoms with Crippen LogP contribution in [0.5, 0.6) is 0 Å². The molecule has 4 nitrogen and oxygen atoms in total. The lowest BCUT2D eigenvalue weighted by Gasteiger charge is -2.31. The Labute approximate surface area is 111 Å². The highest BCUT2D eigenvalue weighted by Crippen LogP contribution is 2.18. The average Bonchev–Trinajstić information content (AvgIpc) is 2.79. The molecule has 0 bridgehead atoms. The zero-order valence-electron chi connectivity index (χ0n) is 10.3. The summed E-state index contributed by atoms with van der Waals surface area (Å²) < 4.78 is 0. The first-order valence-electron chi connectivity index (χ1n) is 5.84. The van der Waals surface area contributed by atoms with Crippen LogP contribution in [-0.4, -0.2) is 54.1 Å². The second-order valence-corrected chi connectivity index (χ2v) is 5.42. The molecule has 0 unspecified atom stereocenters. The number of likely N-dealkylation sites (N-methyl/N-ethyl adjacent to an activating group) is 1. The number of amides is 1. The smallest absolute Gasteiger partial charge is 0.236 e. The van der Waals surface area contributed by atoms with Crippen LogP contribution in [0.3, 0.4) is 0 Å². The molecule has 0 spiro atoms. The van der Waals surface area contributed by atoms with Crippen molar-refractivity contribution < 1.29 is 9.90 Å². The van der Waals surface area contributed by atoms with Gasteiger partial charge in [-0.1, -0.05) is 11.8 Å². The molecular formula is C13H16N2O2S. The minimum absolute atomic E-state index is 0.111. The van der Waals surface area contributed by atoms with E-state index in [1.165, 1.54) is 4.88 Å². The number of hydrogen-bond acceptors (Lipinski definition) is 4. The van der Waals surface area contributed by atoms with Gasteiger partial charge < -0.3 is 10.0 Å². The summed E-state index contributed by atoms with van der Waals surface area (Å²) in [5.74, 6) is 5.71. The quantitative estimate of drug-likeness (QED) is 0.785. The van der Waals surface area contributed by atoms with E-state index in [4.69, 9.17) is 5.11 Å². The molecule has 0 saturated carbocycles. The molecule has 0 aromatic carbocycles. The molecule has 1 N–H and O–H groups in total. The Morgan fingerprint density at radius 3 is 3.00 bits per heavy atom. The number of carbonyl (C=O) groups excluding carboxylic acids is 1. The maximum Gasteiger partial charge on any atom is 0.236 e. The second kappa shape index (κ2) is 6.01. The third-order valence-corrected chi connectivity index (χ3v) is 3.85. The Hall–Kier alpha value is -1.35. The van der Waals surface area contributed by atoms with Gasteiger partial charge in [-0.15, -0.1) is 11.3 Å². The maximum atomic E-state index is 11.6. The van der Waals surface area contributed by atoms with Gasteiger partial charge in [0.05, 0.1) is 11.4 Å². The highest BCUT2D eigenvalue weighted by molar-refractivity contribution is 7.12. The third-order valence-electron chi connectivity index (χ3n) is 2.87. The molecule has 1 aromatic rings. The van der Waals surface area contributed by atoms with Crippen molar-refractivity contribution >= 4 is 17.2 Å². The van der Waals surface area contributed by atoms with Gasteiger partial charge in [0.15, 0.2) is 0 Å². The van der Waals surface area contributed by atoms with E-state index in [0.29, 0.717) is 6.54 Å². The van der Waals surface area contributed by atoms with Crippen molar-refractivity contribution in [2.75, 3.05) is 33.3 Å². The monoisotopic (exact) mass is 264 g/mol. The zero-order valence-corrected chi connectivity index (χ0v) is 11.2. The summed E-state index contributed by atoms with van der Waals surface area (Å²) in [6.07, 6.45) is 0. The molecule has 2 rings (SSSR count). The average molecular weight is 264 g/mol. The molecule has 18 heavy (non-hydrogen) atoms. The first-order chi connectivity index (χ1) is 8.69. The van der Waals surface area contributed by atoms with Gasteiger partial charge in [-0.2, -0.15) is 0 Å². The Morgan fingerprint density at radius 2 is 2.28 bits per heavy atom. The number of piperazine rings is 1. The molecule has 1 saturated heterocycles. The fourth-order valence-electron chi connectivity index (χ4n) is 1.82. The van der Waals surface area contributed by atoms with Crippen molar-refractivity contribution in [3.05, 3.63) is 21.9 Å². The molecule has 1 aromatic heterocycles. The van der Waals surface area contributed by atoms with E-state index in [2.05, 4.69) is 16.7 Å². The van der Waals surface area contributed by atoms with Crippen LogP contribution in [-0.2, 0) is 11.3 Å². The molecule has 2 heterocycles. The van der Waals surface area contributed by atoms with Crippen molar-refractivity contribution in [1.82, 2.24) is 9.80 Å². The lowest BCUT2D eigenvalue weighted by atomic mass is 10.3. The molecule has 1 amide bonds. The van der Waals surface area contributed by atoms with Gasteiger partial charge in [0.2, 0.25) is 5.91 Å². The molecule has 1 fully saturated rings. The van der Waals surface area contributed by atoms with E-state index in [0.717, 1.165) is 24.5 Å². The Balaban J connectivity index is 1.93. The molecule has 1 aliphatic heterocycles. The number of carbonyl (C=O) groups is 1. The summed E-state index contributed by atoms with van der Waals surface area (Å²) in [6, 6.07) is 4.00. The van der Waals surface area contributed by atoms with Gasteiger partial charge in [-0.25, -0.2) is 0 Å². The normalized spacial score (nSPS) is 16.6. The SMILES string of the molecule is CN1CCN(Cc2ccc(C#CCO)s2)CC1=O. The summed E-state index contributed by atoms with van der Waals surface area (Å²) in [6.45, 7) is 2.89. The van der Waals surface area contributed by atoms with Crippen LogP contribution in [0.1, 0.15) is 9.75 Å². The van der Waals surface area contributed by atoms with E-state index < -0.39 is 0 Å².